The number of hydrogen-bond acceptors (Lipinski definition) is 3. The molecule has 0 saturated heterocycles. The number of benzene rings is 1. The monoisotopic (exact) mass is 413 g/mol. The van der Waals surface area contributed by atoms with E-state index in [1.807, 2.05) is 0 Å². The van der Waals surface area contributed by atoms with Crippen molar-refractivity contribution in [3.8, 4) is 0 Å². The Kier molecular flexibility index (Phi) is 5.77. The Morgan fingerprint density at radius 3 is 2.34 bits per heavy atom. The van der Waals surface area contributed by atoms with Gasteiger partial charge in [0.05, 0.1) is 11.2 Å². The van der Waals surface area contributed by atoms with Gasteiger partial charge in [0.15, 0.2) is 0 Å². The normalized spacial score (nSPS) is 16.2. The number of halogens is 5. The third-order valence-corrected chi connectivity index (χ3v) is 4.82. The zero-order chi connectivity index (χ0) is 21.2. The molecule has 1 aliphatic rings. The zero-order valence-electron chi connectivity index (χ0n) is 15.6. The second-order valence-electron chi connectivity index (χ2n) is 7.25. The van der Waals surface area contributed by atoms with Gasteiger partial charge in [0.1, 0.15) is 24.0 Å². The number of pyridine rings is 1. The van der Waals surface area contributed by atoms with E-state index in [2.05, 4.69) is 15.6 Å². The quantitative estimate of drug-likeness (QED) is 0.651. The highest BCUT2D eigenvalue weighted by atomic mass is 19.4. The maximum atomic E-state index is 13.9. The molecule has 4 nitrogen and oxygen atoms in total. The maximum absolute atomic E-state index is 13.9. The van der Waals surface area contributed by atoms with Crippen LogP contribution in [-0.2, 0) is 10.3 Å². The molecule has 156 valence electrons. The van der Waals surface area contributed by atoms with Crippen LogP contribution in [0.25, 0.3) is 0 Å². The van der Waals surface area contributed by atoms with Gasteiger partial charge in [-0.15, -0.1) is 0 Å². The zero-order valence-corrected chi connectivity index (χ0v) is 15.6. The molecule has 0 bridgehead atoms. The van der Waals surface area contributed by atoms with E-state index in [0.29, 0.717) is 18.5 Å². The molecule has 1 fully saturated rings. The number of nitrogens with zero attached hydrogens (tertiary/aromatic N) is 1. The smallest absolute Gasteiger partial charge is 0.361 e. The summed E-state index contributed by atoms with van der Waals surface area (Å²) < 4.78 is 64.9. The highest BCUT2D eigenvalue weighted by molar-refractivity contribution is 5.78. The van der Waals surface area contributed by atoms with Crippen molar-refractivity contribution in [1.29, 1.82) is 0 Å². The van der Waals surface area contributed by atoms with Crippen LogP contribution < -0.4 is 10.6 Å². The fourth-order valence-corrected chi connectivity index (χ4v) is 3.24. The van der Waals surface area contributed by atoms with Gasteiger partial charge in [-0.05, 0) is 43.0 Å². The minimum absolute atomic E-state index is 0.0575. The molecule has 1 aliphatic carbocycles. The Morgan fingerprint density at radius 1 is 1.14 bits per heavy atom. The van der Waals surface area contributed by atoms with Gasteiger partial charge in [-0.1, -0.05) is 19.1 Å². The van der Waals surface area contributed by atoms with Crippen LogP contribution in [-0.4, -0.2) is 23.6 Å². The number of rotatable bonds is 7. The van der Waals surface area contributed by atoms with E-state index < -0.39 is 41.7 Å². The van der Waals surface area contributed by atoms with Gasteiger partial charge in [-0.25, -0.2) is 13.8 Å². The van der Waals surface area contributed by atoms with E-state index >= 15 is 0 Å². The molecule has 0 unspecified atom stereocenters. The lowest BCUT2D eigenvalue weighted by Gasteiger charge is -2.20. The fourth-order valence-electron chi connectivity index (χ4n) is 3.24. The molecule has 1 saturated carbocycles. The summed E-state index contributed by atoms with van der Waals surface area (Å²) in [5, 5.41) is 5.04. The summed E-state index contributed by atoms with van der Waals surface area (Å²) in [5.74, 6) is -2.46. The Balaban J connectivity index is 1.66. The Labute approximate surface area is 164 Å². The van der Waals surface area contributed by atoms with E-state index in [1.54, 1.807) is 19.1 Å². The molecule has 1 atom stereocenters. The van der Waals surface area contributed by atoms with Gasteiger partial charge in [0, 0.05) is 12.0 Å². The predicted octanol–water partition coefficient (Wildman–Crippen LogP) is 4.63. The fraction of sp³-hybridized carbons (Fsp3) is 0.400. The first-order valence-corrected chi connectivity index (χ1v) is 9.13. The number of anilines is 1. The summed E-state index contributed by atoms with van der Waals surface area (Å²) in [7, 11) is 0. The van der Waals surface area contributed by atoms with Crippen molar-refractivity contribution in [2.45, 2.75) is 43.8 Å². The molecule has 1 heterocycles. The van der Waals surface area contributed by atoms with E-state index in [4.69, 9.17) is 0 Å². The molecule has 29 heavy (non-hydrogen) atoms. The van der Waals surface area contributed by atoms with Crippen molar-refractivity contribution in [3.05, 3.63) is 59.3 Å². The van der Waals surface area contributed by atoms with Gasteiger partial charge in [-0.3, -0.25) is 4.79 Å². The molecule has 2 aromatic rings. The van der Waals surface area contributed by atoms with Crippen LogP contribution in [0.15, 0.2) is 36.4 Å². The van der Waals surface area contributed by atoms with E-state index in [0.717, 1.165) is 12.1 Å². The van der Waals surface area contributed by atoms with Crippen LogP contribution in [0.1, 0.15) is 43.4 Å². The summed E-state index contributed by atoms with van der Waals surface area (Å²) in [5.41, 5.74) is -0.466. The summed E-state index contributed by atoms with van der Waals surface area (Å²) >= 11 is 0. The molecule has 9 heteroatoms. The van der Waals surface area contributed by atoms with Crippen LogP contribution in [0.5, 0.6) is 0 Å². The predicted molar refractivity (Wildman–Crippen MR) is 97.2 cm³/mol. The van der Waals surface area contributed by atoms with E-state index in [-0.39, 0.29) is 17.8 Å². The number of amides is 1. The molecule has 2 N–H and O–H groups in total. The maximum Gasteiger partial charge on any atom is 0.405 e. The standard InChI is InChI=1S/C20H20F5N3O/c1-12(18-13(21)4-2-5-14(18)22)10-17(29)28-19(8-9-19)15-6-3-7-16(27-15)26-11-20(23,24)25/h2-7,12H,8-11H2,1H3,(H,26,27)(H,28,29)/t12-/m0/s1. The van der Waals surface area contributed by atoms with Gasteiger partial charge in [0.25, 0.3) is 0 Å². The van der Waals surface area contributed by atoms with Crippen molar-refractivity contribution in [3.63, 3.8) is 0 Å². The topological polar surface area (TPSA) is 54.0 Å². The summed E-state index contributed by atoms with van der Waals surface area (Å²) in [6, 6.07) is 8.13. The molecular weight excluding hydrogens is 393 g/mol. The molecular formula is C20H20F5N3O. The SMILES string of the molecule is C[C@@H](CC(=O)NC1(c2cccc(NCC(F)(F)F)n2)CC1)c1c(F)cccc1F. The first-order valence-electron chi connectivity index (χ1n) is 9.13. The van der Waals surface area contributed by atoms with Crippen LogP contribution >= 0.6 is 0 Å². The molecule has 0 aliphatic heterocycles. The highest BCUT2D eigenvalue weighted by Crippen LogP contribution is 2.45. The Hall–Kier alpha value is -2.71. The Bertz CT molecular complexity index is 876. The number of alkyl halides is 3. The third-order valence-electron chi connectivity index (χ3n) is 4.82. The third kappa shape index (κ3) is 5.21. The van der Waals surface area contributed by atoms with Crippen LogP contribution in [0, 0.1) is 11.6 Å². The van der Waals surface area contributed by atoms with Crippen LogP contribution in [0.3, 0.4) is 0 Å². The van der Waals surface area contributed by atoms with E-state index in [9.17, 15) is 26.7 Å². The van der Waals surface area contributed by atoms with Gasteiger partial charge in [-0.2, -0.15) is 13.2 Å². The largest absolute Gasteiger partial charge is 0.405 e. The number of carbonyl (C=O) groups is 1. The number of carbonyl (C=O) groups excluding carboxylic acids is 1. The summed E-state index contributed by atoms with van der Waals surface area (Å²) in [4.78, 5) is 16.7. The second kappa shape index (κ2) is 7.96. The van der Waals surface area contributed by atoms with Gasteiger partial charge in [0.2, 0.25) is 5.91 Å². The number of nitrogens with one attached hydrogen (secondary N) is 2. The second-order valence-corrected chi connectivity index (χ2v) is 7.25. The lowest BCUT2D eigenvalue weighted by molar-refractivity contribution is -0.122. The molecule has 1 aromatic heterocycles. The first-order chi connectivity index (χ1) is 13.6. The average Bonchev–Trinajstić information content (AvgIpc) is 3.40. The van der Waals surface area contributed by atoms with E-state index in [1.165, 1.54) is 12.1 Å². The summed E-state index contributed by atoms with van der Waals surface area (Å²) in [6.45, 7) is 0.342. The summed E-state index contributed by atoms with van der Waals surface area (Å²) in [6.07, 6.45) is -3.35. The lowest BCUT2D eigenvalue weighted by Crippen LogP contribution is -2.36. The molecule has 0 spiro atoms. The molecule has 0 radical (unpaired) electrons. The minimum Gasteiger partial charge on any atom is -0.361 e. The van der Waals surface area contributed by atoms with Crippen molar-refractivity contribution in [2.24, 2.45) is 0 Å². The molecule has 1 amide bonds. The minimum atomic E-state index is -4.37. The lowest BCUT2D eigenvalue weighted by atomic mass is 9.96. The number of hydrogen-bond donors (Lipinski definition) is 2. The van der Waals surface area contributed by atoms with Crippen molar-refractivity contribution < 1.29 is 26.7 Å². The highest BCUT2D eigenvalue weighted by Gasteiger charge is 2.47. The van der Waals surface area contributed by atoms with Crippen LogP contribution in [0.4, 0.5) is 27.8 Å². The Morgan fingerprint density at radius 2 is 1.76 bits per heavy atom. The van der Waals surface area contributed by atoms with Crippen molar-refractivity contribution >= 4 is 11.7 Å². The average molecular weight is 413 g/mol. The van der Waals surface area contributed by atoms with Crippen molar-refractivity contribution in [2.75, 3.05) is 11.9 Å². The van der Waals surface area contributed by atoms with Gasteiger partial charge >= 0.3 is 6.18 Å². The van der Waals surface area contributed by atoms with Gasteiger partial charge < -0.3 is 10.6 Å². The van der Waals surface area contributed by atoms with Crippen molar-refractivity contribution in [1.82, 2.24) is 10.3 Å². The molecule has 1 aromatic carbocycles. The first kappa shape index (κ1) is 21.0. The number of aromatic nitrogens is 1. The van der Waals surface area contributed by atoms with Crippen LogP contribution in [0.2, 0.25) is 0 Å². The molecule has 3 rings (SSSR count).